The van der Waals surface area contributed by atoms with Crippen LogP contribution in [-0.4, -0.2) is 23.3 Å². The van der Waals surface area contributed by atoms with E-state index in [4.69, 9.17) is 5.26 Å². The highest BCUT2D eigenvalue weighted by atomic mass is 16.3. The molecule has 17 heavy (non-hydrogen) atoms. The molecule has 3 nitrogen and oxygen atoms in total. The van der Waals surface area contributed by atoms with Crippen LogP contribution in [-0.2, 0) is 0 Å². The molecule has 1 N–H and O–H groups in total. The first-order valence-electron chi connectivity index (χ1n) is 5.99. The maximum Gasteiger partial charge on any atom is 0.101 e. The van der Waals surface area contributed by atoms with Crippen molar-refractivity contribution in [3.05, 3.63) is 29.8 Å². The van der Waals surface area contributed by atoms with Gasteiger partial charge in [-0.05, 0) is 38.8 Å². The van der Waals surface area contributed by atoms with Gasteiger partial charge in [0.1, 0.15) is 6.07 Å². The molecule has 1 aromatic carbocycles. The van der Waals surface area contributed by atoms with Gasteiger partial charge in [-0.15, -0.1) is 0 Å². The van der Waals surface area contributed by atoms with Crippen molar-refractivity contribution in [1.29, 1.82) is 5.26 Å². The van der Waals surface area contributed by atoms with Crippen molar-refractivity contribution >= 4 is 5.69 Å². The van der Waals surface area contributed by atoms with Gasteiger partial charge >= 0.3 is 0 Å². The van der Waals surface area contributed by atoms with Crippen LogP contribution in [0.1, 0.15) is 32.3 Å². The Hall–Kier alpha value is -1.53. The van der Waals surface area contributed by atoms with Crippen molar-refractivity contribution in [2.45, 2.75) is 38.3 Å². The first-order chi connectivity index (χ1) is 8.04. The molecule has 0 bridgehead atoms. The monoisotopic (exact) mass is 230 g/mol. The lowest BCUT2D eigenvalue weighted by Gasteiger charge is -2.46. The number of nitrogens with zero attached hydrogens (tertiary/aromatic N) is 2. The molecule has 1 saturated heterocycles. The second-order valence-corrected chi connectivity index (χ2v) is 5.24. The van der Waals surface area contributed by atoms with Gasteiger partial charge in [0.2, 0.25) is 0 Å². The van der Waals surface area contributed by atoms with Crippen LogP contribution in [0.3, 0.4) is 0 Å². The van der Waals surface area contributed by atoms with Crippen molar-refractivity contribution in [3.63, 3.8) is 0 Å². The molecule has 1 atom stereocenters. The minimum absolute atomic E-state index is 0.107. The molecule has 0 aliphatic carbocycles. The zero-order valence-corrected chi connectivity index (χ0v) is 10.3. The SMILES string of the molecule is CC1(C)CC(O)CCN1c1ccccc1C#N. The standard InChI is InChI=1S/C14H18N2O/c1-14(2)9-12(17)7-8-16(14)13-6-4-3-5-11(13)10-15/h3-6,12,17H,7-9H2,1-2H3. The molecule has 1 aromatic rings. The summed E-state index contributed by atoms with van der Waals surface area (Å²) in [5.74, 6) is 0. The Kier molecular flexibility index (Phi) is 3.08. The van der Waals surface area contributed by atoms with Crippen molar-refractivity contribution in [3.8, 4) is 6.07 Å². The fourth-order valence-electron chi connectivity index (χ4n) is 2.62. The van der Waals surface area contributed by atoms with E-state index in [1.54, 1.807) is 0 Å². The molecular weight excluding hydrogens is 212 g/mol. The molecule has 0 spiro atoms. The van der Waals surface area contributed by atoms with Crippen LogP contribution in [0.4, 0.5) is 5.69 Å². The Morgan fingerprint density at radius 1 is 1.41 bits per heavy atom. The first kappa shape index (κ1) is 11.9. The van der Waals surface area contributed by atoms with Gasteiger partial charge in [0.15, 0.2) is 0 Å². The summed E-state index contributed by atoms with van der Waals surface area (Å²) in [5.41, 5.74) is 1.58. The molecule has 0 saturated carbocycles. The Morgan fingerprint density at radius 2 is 2.12 bits per heavy atom. The molecule has 1 aliphatic rings. The third kappa shape index (κ3) is 2.27. The fraction of sp³-hybridized carbons (Fsp3) is 0.500. The maximum absolute atomic E-state index is 9.74. The zero-order valence-electron chi connectivity index (χ0n) is 10.3. The zero-order chi connectivity index (χ0) is 12.5. The molecule has 1 unspecified atom stereocenters. The van der Waals surface area contributed by atoms with E-state index in [-0.39, 0.29) is 11.6 Å². The average Bonchev–Trinajstić information content (AvgIpc) is 2.28. The summed E-state index contributed by atoms with van der Waals surface area (Å²) in [4.78, 5) is 2.23. The first-order valence-corrected chi connectivity index (χ1v) is 5.99. The number of para-hydroxylation sites is 1. The lowest BCUT2D eigenvalue weighted by Crippen LogP contribution is -2.52. The van der Waals surface area contributed by atoms with Gasteiger partial charge in [-0.2, -0.15) is 5.26 Å². The van der Waals surface area contributed by atoms with Crippen molar-refractivity contribution < 1.29 is 5.11 Å². The number of rotatable bonds is 1. The summed E-state index contributed by atoms with van der Waals surface area (Å²) < 4.78 is 0. The highest BCUT2D eigenvalue weighted by Gasteiger charge is 2.34. The third-order valence-corrected chi connectivity index (χ3v) is 3.47. The molecule has 3 heteroatoms. The molecule has 0 radical (unpaired) electrons. The van der Waals surface area contributed by atoms with Gasteiger partial charge in [-0.3, -0.25) is 0 Å². The van der Waals surface area contributed by atoms with Crippen LogP contribution < -0.4 is 4.90 Å². The Labute approximate surface area is 102 Å². The van der Waals surface area contributed by atoms with Crippen LogP contribution >= 0.6 is 0 Å². The summed E-state index contributed by atoms with van der Waals surface area (Å²) in [5, 5.41) is 18.9. The molecular formula is C14H18N2O. The van der Waals surface area contributed by atoms with E-state index in [9.17, 15) is 5.11 Å². The summed E-state index contributed by atoms with van der Waals surface area (Å²) in [7, 11) is 0. The second kappa shape index (κ2) is 4.38. The van der Waals surface area contributed by atoms with Crippen molar-refractivity contribution in [1.82, 2.24) is 0 Å². The van der Waals surface area contributed by atoms with Crippen LogP contribution in [0.5, 0.6) is 0 Å². The summed E-state index contributed by atoms with van der Waals surface area (Å²) in [6.45, 7) is 5.03. The highest BCUT2D eigenvalue weighted by molar-refractivity contribution is 5.60. The van der Waals surface area contributed by atoms with E-state index in [2.05, 4.69) is 24.8 Å². The van der Waals surface area contributed by atoms with Crippen LogP contribution in [0.25, 0.3) is 0 Å². The van der Waals surface area contributed by atoms with Gasteiger partial charge < -0.3 is 10.0 Å². The number of anilines is 1. The maximum atomic E-state index is 9.74. The number of piperidine rings is 1. The van der Waals surface area contributed by atoms with Crippen LogP contribution in [0.15, 0.2) is 24.3 Å². The summed E-state index contributed by atoms with van der Waals surface area (Å²) in [6, 6.07) is 9.90. The minimum Gasteiger partial charge on any atom is -0.393 e. The van der Waals surface area contributed by atoms with E-state index in [0.717, 1.165) is 25.1 Å². The van der Waals surface area contributed by atoms with Gasteiger partial charge in [0.05, 0.1) is 17.4 Å². The molecule has 1 heterocycles. The van der Waals surface area contributed by atoms with E-state index in [1.807, 2.05) is 24.3 Å². The molecule has 1 fully saturated rings. The number of benzene rings is 1. The summed E-state index contributed by atoms with van der Waals surface area (Å²) in [6.07, 6.45) is 1.28. The van der Waals surface area contributed by atoms with E-state index in [1.165, 1.54) is 0 Å². The Morgan fingerprint density at radius 3 is 2.76 bits per heavy atom. The normalized spacial score (nSPS) is 23.2. The summed E-state index contributed by atoms with van der Waals surface area (Å²) >= 11 is 0. The molecule has 0 aromatic heterocycles. The molecule has 1 aliphatic heterocycles. The number of hydrogen-bond donors (Lipinski definition) is 1. The topological polar surface area (TPSA) is 47.3 Å². The molecule has 90 valence electrons. The number of hydrogen-bond acceptors (Lipinski definition) is 3. The van der Waals surface area contributed by atoms with Gasteiger partial charge in [0.25, 0.3) is 0 Å². The number of aliphatic hydroxyl groups excluding tert-OH is 1. The van der Waals surface area contributed by atoms with Gasteiger partial charge in [-0.1, -0.05) is 12.1 Å². The van der Waals surface area contributed by atoms with Crippen molar-refractivity contribution in [2.24, 2.45) is 0 Å². The average molecular weight is 230 g/mol. The quantitative estimate of drug-likeness (QED) is 0.805. The second-order valence-electron chi connectivity index (χ2n) is 5.24. The van der Waals surface area contributed by atoms with E-state index in [0.29, 0.717) is 5.56 Å². The van der Waals surface area contributed by atoms with Gasteiger partial charge in [-0.25, -0.2) is 0 Å². The van der Waals surface area contributed by atoms with Crippen LogP contribution in [0, 0.1) is 11.3 Å². The number of aliphatic hydroxyl groups is 1. The molecule has 0 amide bonds. The highest BCUT2D eigenvalue weighted by Crippen LogP contribution is 2.34. The predicted octanol–water partition coefficient (Wildman–Crippen LogP) is 2.30. The van der Waals surface area contributed by atoms with Crippen LogP contribution in [0.2, 0.25) is 0 Å². The smallest absolute Gasteiger partial charge is 0.101 e. The minimum atomic E-state index is -0.226. The van der Waals surface area contributed by atoms with E-state index >= 15 is 0 Å². The lowest BCUT2D eigenvalue weighted by atomic mass is 9.87. The lowest BCUT2D eigenvalue weighted by molar-refractivity contribution is 0.107. The van der Waals surface area contributed by atoms with Crippen molar-refractivity contribution in [2.75, 3.05) is 11.4 Å². The fourth-order valence-corrected chi connectivity index (χ4v) is 2.62. The molecule has 2 rings (SSSR count). The van der Waals surface area contributed by atoms with E-state index < -0.39 is 0 Å². The largest absolute Gasteiger partial charge is 0.393 e. The Balaban J connectivity index is 2.37. The predicted molar refractivity (Wildman–Crippen MR) is 67.8 cm³/mol. The Bertz CT molecular complexity index is 448. The van der Waals surface area contributed by atoms with Gasteiger partial charge in [0, 0.05) is 12.1 Å². The third-order valence-electron chi connectivity index (χ3n) is 3.47. The number of nitriles is 1.